The van der Waals surface area contributed by atoms with Crippen LogP contribution in [0.3, 0.4) is 0 Å². The van der Waals surface area contributed by atoms with Crippen molar-refractivity contribution in [2.75, 3.05) is 5.43 Å². The van der Waals surface area contributed by atoms with E-state index in [-0.39, 0.29) is 5.69 Å². The molecule has 7 heteroatoms. The molecule has 86 valence electrons. The van der Waals surface area contributed by atoms with Crippen LogP contribution in [-0.2, 0) is 0 Å². The number of non-ortho nitro benzene ring substituents is 1. The standard InChI is InChI=1S/C10H8N4O2S/c15-14(16)9-3-1-2-8(6-9)7-12-13-10-11-4-5-17-10/h1-7H,(H,11,13)/b12-7+. The highest BCUT2D eigenvalue weighted by molar-refractivity contribution is 7.13. The zero-order valence-corrected chi connectivity index (χ0v) is 9.42. The van der Waals surface area contributed by atoms with Crippen molar-refractivity contribution in [1.82, 2.24) is 4.98 Å². The lowest BCUT2D eigenvalue weighted by molar-refractivity contribution is -0.384. The number of hydrogen-bond acceptors (Lipinski definition) is 6. The minimum absolute atomic E-state index is 0.0446. The van der Waals surface area contributed by atoms with Crippen LogP contribution >= 0.6 is 11.3 Å². The summed E-state index contributed by atoms with van der Waals surface area (Å²) in [6.07, 6.45) is 3.17. The van der Waals surface area contributed by atoms with E-state index in [1.807, 2.05) is 5.38 Å². The Bertz CT molecular complexity index is 539. The number of aromatic nitrogens is 1. The van der Waals surface area contributed by atoms with Crippen molar-refractivity contribution in [3.8, 4) is 0 Å². The first-order chi connectivity index (χ1) is 8.25. The molecule has 0 atom stereocenters. The van der Waals surface area contributed by atoms with Crippen LogP contribution in [0.1, 0.15) is 5.56 Å². The summed E-state index contributed by atoms with van der Waals surface area (Å²) < 4.78 is 0. The lowest BCUT2D eigenvalue weighted by Gasteiger charge is -1.94. The normalized spacial score (nSPS) is 10.6. The van der Waals surface area contributed by atoms with E-state index in [4.69, 9.17) is 0 Å². The van der Waals surface area contributed by atoms with E-state index in [0.717, 1.165) is 0 Å². The number of anilines is 1. The number of nitro benzene ring substituents is 1. The molecule has 0 spiro atoms. The van der Waals surface area contributed by atoms with Crippen molar-refractivity contribution in [1.29, 1.82) is 0 Å². The average molecular weight is 248 g/mol. The van der Waals surface area contributed by atoms with Gasteiger partial charge < -0.3 is 0 Å². The second kappa shape index (κ2) is 5.17. The number of nitro groups is 1. The first kappa shape index (κ1) is 11.2. The number of rotatable bonds is 4. The number of thiazole rings is 1. The first-order valence-electron chi connectivity index (χ1n) is 4.69. The van der Waals surface area contributed by atoms with Crippen molar-refractivity contribution in [2.45, 2.75) is 0 Å². The highest BCUT2D eigenvalue weighted by Crippen LogP contribution is 2.12. The molecule has 6 nitrogen and oxygen atoms in total. The van der Waals surface area contributed by atoms with E-state index in [9.17, 15) is 10.1 Å². The van der Waals surface area contributed by atoms with Crippen molar-refractivity contribution in [3.05, 3.63) is 51.5 Å². The molecule has 2 aromatic rings. The molecule has 0 aliphatic heterocycles. The molecule has 2 rings (SSSR count). The Balaban J connectivity index is 2.05. The molecule has 0 bridgehead atoms. The molecule has 1 aromatic carbocycles. The van der Waals surface area contributed by atoms with E-state index in [0.29, 0.717) is 10.7 Å². The van der Waals surface area contributed by atoms with E-state index < -0.39 is 4.92 Å². The van der Waals surface area contributed by atoms with Gasteiger partial charge in [0, 0.05) is 29.3 Å². The molecule has 0 saturated heterocycles. The van der Waals surface area contributed by atoms with Crippen LogP contribution in [0.25, 0.3) is 0 Å². The number of benzene rings is 1. The minimum atomic E-state index is -0.439. The molecule has 1 aromatic heterocycles. The smallest absolute Gasteiger partial charge is 0.258 e. The summed E-state index contributed by atoms with van der Waals surface area (Å²) in [5.74, 6) is 0. The van der Waals surface area contributed by atoms with Gasteiger partial charge in [-0.3, -0.25) is 15.5 Å². The summed E-state index contributed by atoms with van der Waals surface area (Å²) >= 11 is 1.42. The Labute approximate surface area is 101 Å². The van der Waals surface area contributed by atoms with Crippen molar-refractivity contribution < 1.29 is 4.92 Å². The maximum Gasteiger partial charge on any atom is 0.270 e. The predicted molar refractivity (Wildman–Crippen MR) is 66.4 cm³/mol. The van der Waals surface area contributed by atoms with Gasteiger partial charge >= 0.3 is 0 Å². The lowest BCUT2D eigenvalue weighted by Crippen LogP contribution is -1.92. The van der Waals surface area contributed by atoms with Gasteiger partial charge in [0.25, 0.3) is 5.69 Å². The molecule has 0 radical (unpaired) electrons. The second-order valence-electron chi connectivity index (χ2n) is 3.06. The van der Waals surface area contributed by atoms with Crippen LogP contribution in [-0.4, -0.2) is 16.1 Å². The fourth-order valence-electron chi connectivity index (χ4n) is 1.16. The van der Waals surface area contributed by atoms with Crippen LogP contribution in [0.4, 0.5) is 10.8 Å². The zero-order chi connectivity index (χ0) is 12.1. The van der Waals surface area contributed by atoms with Gasteiger partial charge in [-0.05, 0) is 0 Å². The number of nitrogens with one attached hydrogen (secondary N) is 1. The van der Waals surface area contributed by atoms with Crippen LogP contribution in [0.2, 0.25) is 0 Å². The Morgan fingerprint density at radius 1 is 1.53 bits per heavy atom. The average Bonchev–Trinajstić information content (AvgIpc) is 2.82. The first-order valence-corrected chi connectivity index (χ1v) is 5.57. The maximum atomic E-state index is 10.6. The maximum absolute atomic E-state index is 10.6. The Kier molecular flexibility index (Phi) is 3.41. The predicted octanol–water partition coefficient (Wildman–Crippen LogP) is 2.50. The molecular formula is C10H8N4O2S. The van der Waals surface area contributed by atoms with Gasteiger partial charge in [-0.1, -0.05) is 12.1 Å². The largest absolute Gasteiger partial charge is 0.270 e. The van der Waals surface area contributed by atoms with Crippen molar-refractivity contribution in [3.63, 3.8) is 0 Å². The summed E-state index contributed by atoms with van der Waals surface area (Å²) in [6, 6.07) is 6.24. The van der Waals surface area contributed by atoms with Gasteiger partial charge in [-0.15, -0.1) is 11.3 Å². The fourth-order valence-corrected chi connectivity index (χ4v) is 1.64. The molecule has 1 heterocycles. The second-order valence-corrected chi connectivity index (χ2v) is 3.95. The van der Waals surface area contributed by atoms with E-state index in [1.165, 1.54) is 29.7 Å². The van der Waals surface area contributed by atoms with Gasteiger partial charge in [-0.2, -0.15) is 5.10 Å². The highest BCUT2D eigenvalue weighted by atomic mass is 32.1. The van der Waals surface area contributed by atoms with Gasteiger partial charge in [-0.25, -0.2) is 4.98 Å². The molecule has 0 fully saturated rings. The Morgan fingerprint density at radius 3 is 3.12 bits per heavy atom. The molecule has 0 aliphatic carbocycles. The van der Waals surface area contributed by atoms with Crippen LogP contribution in [0, 0.1) is 10.1 Å². The summed E-state index contributed by atoms with van der Waals surface area (Å²) in [7, 11) is 0. The number of hydrogen-bond donors (Lipinski definition) is 1. The third-order valence-corrected chi connectivity index (χ3v) is 2.56. The SMILES string of the molecule is O=[N+]([O-])c1cccc(/C=N/Nc2nccs2)c1. The molecule has 0 amide bonds. The van der Waals surface area contributed by atoms with E-state index in [1.54, 1.807) is 18.3 Å². The van der Waals surface area contributed by atoms with E-state index >= 15 is 0 Å². The van der Waals surface area contributed by atoms with Gasteiger partial charge in [0.15, 0.2) is 0 Å². The molecule has 1 N–H and O–H groups in total. The fraction of sp³-hybridized carbons (Fsp3) is 0. The highest BCUT2D eigenvalue weighted by Gasteiger charge is 2.03. The van der Waals surface area contributed by atoms with Gasteiger partial charge in [0.2, 0.25) is 5.13 Å². The third kappa shape index (κ3) is 3.08. The number of hydrazone groups is 1. The van der Waals surface area contributed by atoms with Crippen molar-refractivity contribution in [2.24, 2.45) is 5.10 Å². The van der Waals surface area contributed by atoms with Crippen LogP contribution in [0.15, 0.2) is 40.9 Å². The molecule has 0 saturated carbocycles. The van der Waals surface area contributed by atoms with Crippen molar-refractivity contribution >= 4 is 28.4 Å². The number of nitrogens with zero attached hydrogens (tertiary/aromatic N) is 3. The molecule has 0 aliphatic rings. The minimum Gasteiger partial charge on any atom is -0.258 e. The van der Waals surface area contributed by atoms with E-state index in [2.05, 4.69) is 15.5 Å². The summed E-state index contributed by atoms with van der Waals surface area (Å²) in [4.78, 5) is 14.1. The monoisotopic (exact) mass is 248 g/mol. The van der Waals surface area contributed by atoms with Gasteiger partial charge in [0.1, 0.15) is 0 Å². The molecule has 17 heavy (non-hydrogen) atoms. The summed E-state index contributed by atoms with van der Waals surface area (Å²) in [5, 5.41) is 17.0. The third-order valence-electron chi connectivity index (χ3n) is 1.89. The quantitative estimate of drug-likeness (QED) is 0.512. The Hall–Kier alpha value is -2.28. The van der Waals surface area contributed by atoms with Gasteiger partial charge in [0.05, 0.1) is 11.1 Å². The van der Waals surface area contributed by atoms with Crippen LogP contribution < -0.4 is 5.43 Å². The summed E-state index contributed by atoms with van der Waals surface area (Å²) in [6.45, 7) is 0. The molecule has 0 unspecified atom stereocenters. The summed E-state index contributed by atoms with van der Waals surface area (Å²) in [5.41, 5.74) is 3.43. The topological polar surface area (TPSA) is 80.4 Å². The Morgan fingerprint density at radius 2 is 2.41 bits per heavy atom. The van der Waals surface area contributed by atoms with Crippen LogP contribution in [0.5, 0.6) is 0 Å². The molecular weight excluding hydrogens is 240 g/mol. The zero-order valence-electron chi connectivity index (χ0n) is 8.61. The lowest BCUT2D eigenvalue weighted by atomic mass is 10.2.